The smallest absolute Gasteiger partial charge is 0.319 e. The van der Waals surface area contributed by atoms with Crippen molar-refractivity contribution in [2.45, 2.75) is 56.5 Å². The van der Waals surface area contributed by atoms with E-state index >= 15 is 0 Å². The number of amides is 1. The number of rotatable bonds is 5. The van der Waals surface area contributed by atoms with Gasteiger partial charge in [-0.1, -0.05) is 0 Å². The van der Waals surface area contributed by atoms with Crippen LogP contribution in [0.25, 0.3) is 0 Å². The molecule has 8 heteroatoms. The highest BCUT2D eigenvalue weighted by molar-refractivity contribution is 5.76. The fraction of sp³-hybridized carbons (Fsp3) is 0.938. The van der Waals surface area contributed by atoms with E-state index in [1.807, 2.05) is 0 Å². The van der Waals surface area contributed by atoms with Crippen molar-refractivity contribution >= 4 is 5.91 Å². The molecule has 3 fully saturated rings. The van der Waals surface area contributed by atoms with Crippen molar-refractivity contribution in [2.75, 3.05) is 32.7 Å². The van der Waals surface area contributed by atoms with E-state index in [1.54, 1.807) is 4.90 Å². The minimum atomic E-state index is -3.99. The maximum atomic E-state index is 13.1. The summed E-state index contributed by atoms with van der Waals surface area (Å²) >= 11 is 0. The number of nitrogens with one attached hydrogen (secondary N) is 1. The molecule has 138 valence electrons. The molecule has 0 aromatic heterocycles. The molecule has 3 heterocycles. The maximum absolute atomic E-state index is 13.1. The number of halogens is 4. The van der Waals surface area contributed by atoms with Gasteiger partial charge in [0.15, 0.2) is 0 Å². The minimum absolute atomic E-state index is 0.0709. The van der Waals surface area contributed by atoms with Gasteiger partial charge in [-0.2, -0.15) is 8.78 Å². The van der Waals surface area contributed by atoms with E-state index < -0.39 is 18.9 Å². The molecular weight excluding hydrogens is 326 g/mol. The molecule has 24 heavy (non-hydrogen) atoms. The number of carbonyl (C=O) groups is 1. The van der Waals surface area contributed by atoms with Gasteiger partial charge in [0.05, 0.1) is 6.54 Å². The molecule has 4 nitrogen and oxygen atoms in total. The van der Waals surface area contributed by atoms with Crippen molar-refractivity contribution in [1.82, 2.24) is 15.1 Å². The second-order valence-electron chi connectivity index (χ2n) is 7.40. The van der Waals surface area contributed by atoms with Gasteiger partial charge in [-0.25, -0.2) is 8.78 Å². The predicted molar refractivity (Wildman–Crippen MR) is 81.3 cm³/mol. The lowest BCUT2D eigenvalue weighted by molar-refractivity contribution is -0.148. The zero-order valence-corrected chi connectivity index (χ0v) is 13.7. The highest BCUT2D eigenvalue weighted by atomic mass is 19.3. The van der Waals surface area contributed by atoms with Crippen LogP contribution in [0.5, 0.6) is 0 Å². The van der Waals surface area contributed by atoms with Crippen molar-refractivity contribution < 1.29 is 22.4 Å². The summed E-state index contributed by atoms with van der Waals surface area (Å²) in [5.74, 6) is -3.51. The summed E-state index contributed by atoms with van der Waals surface area (Å²) in [7, 11) is 0. The Kier molecular flexibility index (Phi) is 5.34. The van der Waals surface area contributed by atoms with Gasteiger partial charge >= 0.3 is 12.3 Å². The van der Waals surface area contributed by atoms with Gasteiger partial charge in [-0.05, 0) is 31.6 Å². The number of carbonyl (C=O) groups excluding carboxylic acids is 1. The fourth-order valence-electron chi connectivity index (χ4n) is 4.24. The Bertz CT molecular complexity index is 443. The second kappa shape index (κ2) is 7.15. The van der Waals surface area contributed by atoms with E-state index in [9.17, 15) is 22.4 Å². The summed E-state index contributed by atoms with van der Waals surface area (Å²) < 4.78 is 50.7. The molecule has 3 saturated heterocycles. The number of alkyl halides is 4. The predicted octanol–water partition coefficient (Wildman–Crippen LogP) is 1.95. The van der Waals surface area contributed by atoms with Gasteiger partial charge in [0.1, 0.15) is 0 Å². The van der Waals surface area contributed by atoms with Crippen LogP contribution in [0.4, 0.5) is 17.6 Å². The zero-order chi connectivity index (χ0) is 17.3. The maximum Gasteiger partial charge on any atom is 0.319 e. The van der Waals surface area contributed by atoms with E-state index in [2.05, 4.69) is 5.32 Å². The summed E-state index contributed by atoms with van der Waals surface area (Å²) in [6.07, 6.45) is 1.30. The van der Waals surface area contributed by atoms with Crippen LogP contribution in [-0.4, -0.2) is 72.9 Å². The van der Waals surface area contributed by atoms with Crippen molar-refractivity contribution in [3.05, 3.63) is 0 Å². The molecule has 2 unspecified atom stereocenters. The van der Waals surface area contributed by atoms with Crippen LogP contribution in [-0.2, 0) is 4.79 Å². The fourth-order valence-corrected chi connectivity index (χ4v) is 4.24. The lowest BCUT2D eigenvalue weighted by Crippen LogP contribution is -2.53. The average Bonchev–Trinajstić information content (AvgIpc) is 2.86. The lowest BCUT2D eigenvalue weighted by Gasteiger charge is -2.37. The minimum Gasteiger partial charge on any atom is -0.340 e. The Morgan fingerprint density at radius 1 is 1.08 bits per heavy atom. The lowest BCUT2D eigenvalue weighted by atomic mass is 9.89. The first-order valence-corrected chi connectivity index (χ1v) is 8.75. The molecule has 2 bridgehead atoms. The van der Waals surface area contributed by atoms with Crippen LogP contribution in [0.1, 0.15) is 32.1 Å². The van der Waals surface area contributed by atoms with E-state index in [0.29, 0.717) is 37.5 Å². The molecule has 3 aliphatic rings. The van der Waals surface area contributed by atoms with Crippen molar-refractivity contribution in [1.29, 1.82) is 0 Å². The van der Waals surface area contributed by atoms with Crippen molar-refractivity contribution in [2.24, 2.45) is 5.92 Å². The number of fused-ring (bicyclic) bond motifs is 2. The van der Waals surface area contributed by atoms with Crippen molar-refractivity contribution in [3.8, 4) is 0 Å². The summed E-state index contributed by atoms with van der Waals surface area (Å²) in [4.78, 5) is 15.4. The summed E-state index contributed by atoms with van der Waals surface area (Å²) in [6.45, 7) is 0.202. The third-order valence-electron chi connectivity index (χ3n) is 5.51. The van der Waals surface area contributed by atoms with Crippen LogP contribution >= 0.6 is 0 Å². The molecule has 3 rings (SSSR count). The molecule has 0 saturated carbocycles. The SMILES string of the molecule is O=C(CC1CC2CCC(C1)N2)N1CCN(CC(F)(F)C(F)F)CC1. The van der Waals surface area contributed by atoms with Crippen LogP contribution in [0.15, 0.2) is 0 Å². The van der Waals surface area contributed by atoms with E-state index in [1.165, 1.54) is 17.7 Å². The van der Waals surface area contributed by atoms with E-state index in [-0.39, 0.29) is 19.0 Å². The summed E-state index contributed by atoms with van der Waals surface area (Å²) in [5.41, 5.74) is 0. The summed E-state index contributed by atoms with van der Waals surface area (Å²) in [6, 6.07) is 1.07. The number of piperidine rings is 1. The highest BCUT2D eigenvalue weighted by Gasteiger charge is 2.43. The molecule has 0 aliphatic carbocycles. The Morgan fingerprint density at radius 3 is 2.21 bits per heavy atom. The largest absolute Gasteiger partial charge is 0.340 e. The van der Waals surface area contributed by atoms with Gasteiger partial charge in [0, 0.05) is 44.7 Å². The van der Waals surface area contributed by atoms with Gasteiger partial charge in [0.25, 0.3) is 0 Å². The Balaban J connectivity index is 1.42. The molecule has 1 N–H and O–H groups in total. The monoisotopic (exact) mass is 351 g/mol. The number of hydrogen-bond acceptors (Lipinski definition) is 3. The quantitative estimate of drug-likeness (QED) is 0.769. The number of piperazine rings is 1. The third-order valence-corrected chi connectivity index (χ3v) is 5.51. The molecule has 2 atom stereocenters. The van der Waals surface area contributed by atoms with E-state index in [4.69, 9.17) is 0 Å². The van der Waals surface area contributed by atoms with Gasteiger partial charge < -0.3 is 10.2 Å². The van der Waals surface area contributed by atoms with Crippen LogP contribution in [0, 0.1) is 5.92 Å². The Labute approximate surface area is 139 Å². The molecule has 0 aromatic carbocycles. The molecule has 0 radical (unpaired) electrons. The standard InChI is InChI=1S/C16H25F4N3O/c17-15(18)16(19,20)10-22-3-5-23(6-4-22)14(24)9-11-7-12-1-2-13(8-11)21-12/h11-13,15,21H,1-10H2. The first-order chi connectivity index (χ1) is 11.3. The zero-order valence-electron chi connectivity index (χ0n) is 13.7. The first kappa shape index (κ1) is 17.9. The first-order valence-electron chi connectivity index (χ1n) is 8.75. The van der Waals surface area contributed by atoms with Gasteiger partial charge in [-0.15, -0.1) is 0 Å². The number of hydrogen-bond donors (Lipinski definition) is 1. The molecule has 0 spiro atoms. The molecular formula is C16H25F4N3O. The second-order valence-corrected chi connectivity index (χ2v) is 7.40. The van der Waals surface area contributed by atoms with Crippen LogP contribution < -0.4 is 5.32 Å². The normalized spacial score (nSPS) is 31.7. The topological polar surface area (TPSA) is 35.6 Å². The van der Waals surface area contributed by atoms with Crippen LogP contribution in [0.3, 0.4) is 0 Å². The average molecular weight is 351 g/mol. The number of nitrogens with zero attached hydrogens (tertiary/aromatic N) is 2. The third kappa shape index (κ3) is 4.20. The van der Waals surface area contributed by atoms with Crippen molar-refractivity contribution in [3.63, 3.8) is 0 Å². The summed E-state index contributed by atoms with van der Waals surface area (Å²) in [5, 5.41) is 3.55. The van der Waals surface area contributed by atoms with Crippen LogP contribution in [0.2, 0.25) is 0 Å². The molecule has 1 amide bonds. The van der Waals surface area contributed by atoms with E-state index in [0.717, 1.165) is 12.8 Å². The molecule has 3 aliphatic heterocycles. The van der Waals surface area contributed by atoms with Gasteiger partial charge in [0.2, 0.25) is 5.91 Å². The van der Waals surface area contributed by atoms with Gasteiger partial charge in [-0.3, -0.25) is 9.69 Å². The Morgan fingerprint density at radius 2 is 1.67 bits per heavy atom. The Hall–Kier alpha value is -0.890. The highest BCUT2D eigenvalue weighted by Crippen LogP contribution is 2.33. The molecule has 0 aromatic rings.